The Labute approximate surface area is 192 Å². The Morgan fingerprint density at radius 2 is 1.85 bits per heavy atom. The van der Waals surface area contributed by atoms with Gasteiger partial charge in [0.1, 0.15) is 11.6 Å². The first kappa shape index (κ1) is 24.3. The third-order valence-electron chi connectivity index (χ3n) is 4.54. The standard InChI is InChI=1S/C14H11F3N2O2.C10H10N2O/c15-14(16,17)21-11-3-1-2-9(7-11)6-10-8-19-5-4-12(10)13(18)20;1-7(13)11-10-6-8-4-2-3-5-9(8)12-10/h1-5,7-8H,6H2,(H2,18,20);2-6,12H,1H3,(H,11,13). The molecule has 0 fully saturated rings. The quantitative estimate of drug-likeness (QED) is 0.389. The van der Waals surface area contributed by atoms with Crippen molar-refractivity contribution in [3.05, 3.63) is 89.7 Å². The fourth-order valence-electron chi connectivity index (χ4n) is 3.21. The van der Waals surface area contributed by atoms with Crippen molar-refractivity contribution < 1.29 is 27.5 Å². The number of pyridine rings is 1. The fourth-order valence-corrected chi connectivity index (χ4v) is 3.21. The van der Waals surface area contributed by atoms with Gasteiger partial charge in [-0.25, -0.2) is 0 Å². The first-order chi connectivity index (χ1) is 16.1. The number of ether oxygens (including phenoxy) is 1. The number of primary amides is 1. The van der Waals surface area contributed by atoms with Gasteiger partial charge < -0.3 is 20.8 Å². The molecular formula is C24H21F3N4O3. The molecule has 0 aliphatic carbocycles. The number of fused-ring (bicyclic) bond motifs is 1. The van der Waals surface area contributed by atoms with E-state index in [1.807, 2.05) is 30.3 Å². The van der Waals surface area contributed by atoms with Crippen molar-refractivity contribution in [2.75, 3.05) is 5.32 Å². The van der Waals surface area contributed by atoms with Crippen LogP contribution in [-0.2, 0) is 11.2 Å². The second-order valence-corrected chi connectivity index (χ2v) is 7.22. The van der Waals surface area contributed by atoms with Crippen LogP contribution < -0.4 is 15.8 Å². The predicted octanol–water partition coefficient (Wildman–Crippen LogP) is 4.80. The Hall–Kier alpha value is -4.34. The number of halogens is 3. The van der Waals surface area contributed by atoms with E-state index in [9.17, 15) is 22.8 Å². The van der Waals surface area contributed by atoms with E-state index in [1.54, 1.807) is 6.07 Å². The zero-order chi connectivity index (χ0) is 24.7. The van der Waals surface area contributed by atoms with Gasteiger partial charge in [-0.2, -0.15) is 0 Å². The topological polar surface area (TPSA) is 110 Å². The van der Waals surface area contributed by atoms with Crippen molar-refractivity contribution >= 4 is 28.5 Å². The monoisotopic (exact) mass is 470 g/mol. The number of nitrogens with two attached hydrogens (primary N) is 1. The molecule has 0 saturated heterocycles. The molecule has 4 rings (SSSR count). The molecule has 2 heterocycles. The van der Waals surface area contributed by atoms with E-state index in [0.29, 0.717) is 11.1 Å². The lowest BCUT2D eigenvalue weighted by Gasteiger charge is -2.10. The van der Waals surface area contributed by atoms with Crippen LogP contribution in [0.1, 0.15) is 28.4 Å². The van der Waals surface area contributed by atoms with Gasteiger partial charge >= 0.3 is 6.36 Å². The molecule has 2 aromatic carbocycles. The molecule has 7 nitrogen and oxygen atoms in total. The highest BCUT2D eigenvalue weighted by molar-refractivity contribution is 5.94. The van der Waals surface area contributed by atoms with Gasteiger partial charge in [-0.15, -0.1) is 13.2 Å². The maximum atomic E-state index is 12.2. The number of amides is 2. The van der Waals surface area contributed by atoms with Crippen LogP contribution in [0, 0.1) is 0 Å². The Bertz CT molecular complexity index is 1270. The lowest BCUT2D eigenvalue weighted by Crippen LogP contribution is -2.17. The fraction of sp³-hybridized carbons (Fsp3) is 0.125. The summed E-state index contributed by atoms with van der Waals surface area (Å²) in [5.41, 5.74) is 7.64. The molecule has 34 heavy (non-hydrogen) atoms. The molecule has 10 heteroatoms. The lowest BCUT2D eigenvalue weighted by molar-refractivity contribution is -0.274. The summed E-state index contributed by atoms with van der Waals surface area (Å²) >= 11 is 0. The highest BCUT2D eigenvalue weighted by Gasteiger charge is 2.31. The largest absolute Gasteiger partial charge is 0.573 e. The number of aromatic nitrogens is 2. The van der Waals surface area contributed by atoms with Gasteiger partial charge in [0.05, 0.1) is 0 Å². The Kier molecular flexibility index (Phi) is 7.52. The van der Waals surface area contributed by atoms with Crippen LogP contribution in [-0.4, -0.2) is 28.1 Å². The van der Waals surface area contributed by atoms with E-state index in [2.05, 4.69) is 20.0 Å². The molecule has 4 N–H and O–H groups in total. The number of rotatable bonds is 5. The number of hydrogen-bond acceptors (Lipinski definition) is 4. The summed E-state index contributed by atoms with van der Waals surface area (Å²) in [4.78, 5) is 29.0. The van der Waals surface area contributed by atoms with Crippen LogP contribution in [0.4, 0.5) is 19.0 Å². The zero-order valence-corrected chi connectivity index (χ0v) is 18.0. The van der Waals surface area contributed by atoms with Crippen molar-refractivity contribution in [2.45, 2.75) is 19.7 Å². The van der Waals surface area contributed by atoms with Gasteiger partial charge in [-0.1, -0.05) is 30.3 Å². The third kappa shape index (κ3) is 7.09. The minimum atomic E-state index is -4.74. The molecule has 0 aliphatic rings. The summed E-state index contributed by atoms with van der Waals surface area (Å²) in [6.07, 6.45) is -1.64. The molecule has 0 unspecified atom stereocenters. The number of nitrogens with zero attached hydrogens (tertiary/aromatic N) is 1. The normalized spacial score (nSPS) is 10.8. The molecule has 0 atom stereocenters. The van der Waals surface area contributed by atoms with Crippen molar-refractivity contribution in [2.24, 2.45) is 5.73 Å². The molecule has 0 bridgehead atoms. The van der Waals surface area contributed by atoms with Crippen LogP contribution in [0.5, 0.6) is 5.75 Å². The molecule has 2 aromatic heterocycles. The first-order valence-electron chi connectivity index (χ1n) is 10.0. The second-order valence-electron chi connectivity index (χ2n) is 7.22. The number of para-hydroxylation sites is 1. The van der Waals surface area contributed by atoms with Crippen LogP contribution >= 0.6 is 0 Å². The van der Waals surface area contributed by atoms with Gasteiger partial charge in [0.25, 0.3) is 0 Å². The van der Waals surface area contributed by atoms with Gasteiger partial charge in [0.2, 0.25) is 11.8 Å². The van der Waals surface area contributed by atoms with E-state index < -0.39 is 12.3 Å². The minimum Gasteiger partial charge on any atom is -0.406 e. The summed E-state index contributed by atoms with van der Waals surface area (Å²) in [5, 5.41) is 3.80. The van der Waals surface area contributed by atoms with Crippen molar-refractivity contribution in [1.82, 2.24) is 9.97 Å². The van der Waals surface area contributed by atoms with Gasteiger partial charge in [-0.3, -0.25) is 14.6 Å². The van der Waals surface area contributed by atoms with E-state index >= 15 is 0 Å². The maximum Gasteiger partial charge on any atom is 0.573 e. The molecule has 176 valence electrons. The van der Waals surface area contributed by atoms with Gasteiger partial charge in [0.15, 0.2) is 0 Å². The minimum absolute atomic E-state index is 0.0634. The molecular weight excluding hydrogens is 449 g/mol. The molecule has 4 aromatic rings. The Morgan fingerprint density at radius 3 is 2.53 bits per heavy atom. The number of carbonyl (C=O) groups is 2. The van der Waals surface area contributed by atoms with Crippen LogP contribution in [0.25, 0.3) is 10.9 Å². The Morgan fingerprint density at radius 1 is 1.09 bits per heavy atom. The SMILES string of the molecule is CC(=O)Nc1cc2ccccc2[nH]1.NC(=O)c1ccncc1Cc1cccc(OC(F)(F)F)c1. The number of H-pyrrole nitrogens is 1. The number of carbonyl (C=O) groups excluding carboxylic acids is 2. The van der Waals surface area contributed by atoms with E-state index in [0.717, 1.165) is 16.7 Å². The molecule has 0 spiro atoms. The summed E-state index contributed by atoms with van der Waals surface area (Å²) in [6.45, 7) is 1.49. The van der Waals surface area contributed by atoms with Gasteiger partial charge in [0, 0.05) is 35.8 Å². The number of nitrogens with one attached hydrogen (secondary N) is 2. The van der Waals surface area contributed by atoms with E-state index in [-0.39, 0.29) is 23.6 Å². The summed E-state index contributed by atoms with van der Waals surface area (Å²) < 4.78 is 40.4. The van der Waals surface area contributed by atoms with Crippen LogP contribution in [0.2, 0.25) is 0 Å². The predicted molar refractivity (Wildman–Crippen MR) is 121 cm³/mol. The van der Waals surface area contributed by atoms with Gasteiger partial charge in [-0.05, 0) is 47.9 Å². The summed E-state index contributed by atoms with van der Waals surface area (Å²) in [7, 11) is 0. The maximum absolute atomic E-state index is 12.2. The van der Waals surface area contributed by atoms with Crippen molar-refractivity contribution in [3.63, 3.8) is 0 Å². The number of anilines is 1. The number of aromatic amines is 1. The lowest BCUT2D eigenvalue weighted by atomic mass is 10.0. The number of benzene rings is 2. The highest BCUT2D eigenvalue weighted by atomic mass is 19.4. The number of hydrogen-bond donors (Lipinski definition) is 3. The number of alkyl halides is 3. The van der Waals surface area contributed by atoms with E-state index in [4.69, 9.17) is 5.73 Å². The van der Waals surface area contributed by atoms with Crippen molar-refractivity contribution in [1.29, 1.82) is 0 Å². The molecule has 0 saturated carbocycles. The Balaban J connectivity index is 0.000000212. The summed E-state index contributed by atoms with van der Waals surface area (Å²) in [6, 6.07) is 16.8. The summed E-state index contributed by atoms with van der Waals surface area (Å²) in [5.74, 6) is -0.250. The molecule has 2 amide bonds. The van der Waals surface area contributed by atoms with E-state index in [1.165, 1.54) is 43.6 Å². The van der Waals surface area contributed by atoms with Crippen molar-refractivity contribution in [3.8, 4) is 5.75 Å². The third-order valence-corrected chi connectivity index (χ3v) is 4.54. The average molecular weight is 470 g/mol. The molecule has 0 radical (unpaired) electrons. The highest BCUT2D eigenvalue weighted by Crippen LogP contribution is 2.24. The van der Waals surface area contributed by atoms with Crippen LogP contribution in [0.3, 0.4) is 0 Å². The molecule has 0 aliphatic heterocycles. The first-order valence-corrected chi connectivity index (χ1v) is 10.0. The second kappa shape index (κ2) is 10.5. The zero-order valence-electron chi connectivity index (χ0n) is 18.0. The smallest absolute Gasteiger partial charge is 0.406 e. The van der Waals surface area contributed by atoms with Crippen LogP contribution in [0.15, 0.2) is 73.1 Å². The average Bonchev–Trinajstić information content (AvgIpc) is 3.15.